The van der Waals surface area contributed by atoms with Crippen molar-refractivity contribution in [2.75, 3.05) is 40.1 Å². The molecule has 4 rings (SSSR count). The van der Waals surface area contributed by atoms with E-state index in [1.165, 1.54) is 21.6 Å². The molecule has 0 bridgehead atoms. The third-order valence-electron chi connectivity index (χ3n) is 16.4. The van der Waals surface area contributed by atoms with Crippen molar-refractivity contribution >= 4 is 57.1 Å². The predicted molar refractivity (Wildman–Crippen MR) is 307 cm³/mol. The van der Waals surface area contributed by atoms with Crippen molar-refractivity contribution < 1.29 is 58.3 Å². The van der Waals surface area contributed by atoms with E-state index in [4.69, 9.17) is 14.2 Å². The topological polar surface area (TPSA) is 240 Å². The molecule has 1 aromatic rings. The SMILES string of the molecule is CC[C@H](C)[C@@H]([C@@H](CC(=O)N1CCC[C@H]1[C@H](C)[C@@H](C)C(=O)N[C@H](C)[C@@H](O)c1ccccc1)OC)N(C)C(=O)[C@@H](NC(=O)[C@H](C(C)C)N(C)C1OC1OCC(C)(C)SSC[C@@H](NC(=O)[C@]1(C)CC/C=C/[C@H](O)CC1)C(=O)O)C(C)C. The zero-order chi connectivity index (χ0) is 58.4. The number of allylic oxidation sites excluding steroid dienone is 1. The van der Waals surface area contributed by atoms with Gasteiger partial charge in [0.2, 0.25) is 29.5 Å². The van der Waals surface area contributed by atoms with E-state index in [-0.39, 0.29) is 78.0 Å². The normalized spacial score (nSPS) is 25.1. The molecule has 2 fully saturated rings. The lowest BCUT2D eigenvalue weighted by molar-refractivity contribution is -0.147. The first-order chi connectivity index (χ1) is 36.6. The molecule has 0 saturated carbocycles. The van der Waals surface area contributed by atoms with Crippen LogP contribution in [0.2, 0.25) is 0 Å². The highest BCUT2D eigenvalue weighted by Crippen LogP contribution is 2.40. The summed E-state index contributed by atoms with van der Waals surface area (Å²) in [5, 5.41) is 39.9. The first-order valence-corrected chi connectivity index (χ1v) is 30.5. The molecule has 15 atom stereocenters. The predicted octanol–water partition coefficient (Wildman–Crippen LogP) is 6.79. The number of carbonyl (C=O) groups is 6. The highest BCUT2D eigenvalue weighted by Gasteiger charge is 2.50. The maximum atomic E-state index is 14.8. The lowest BCUT2D eigenvalue weighted by atomic mass is 9.78. The van der Waals surface area contributed by atoms with Crippen LogP contribution in [0.5, 0.6) is 0 Å². The minimum absolute atomic E-state index is 0.0158. The third-order valence-corrected chi connectivity index (χ3v) is 19.6. The maximum Gasteiger partial charge on any atom is 0.327 e. The van der Waals surface area contributed by atoms with Crippen LogP contribution in [0, 0.1) is 35.0 Å². The van der Waals surface area contributed by atoms with Gasteiger partial charge in [-0.3, -0.25) is 28.9 Å². The molecule has 78 heavy (non-hydrogen) atoms. The van der Waals surface area contributed by atoms with Gasteiger partial charge in [-0.25, -0.2) is 4.79 Å². The van der Waals surface area contributed by atoms with Crippen molar-refractivity contribution in [3.8, 4) is 0 Å². The first-order valence-electron chi connectivity index (χ1n) is 28.2. The monoisotopic (exact) mass is 1130 g/mol. The number of carbonyl (C=O) groups excluding carboxylic acids is 5. The molecule has 0 aromatic heterocycles. The molecule has 20 heteroatoms. The van der Waals surface area contributed by atoms with Gasteiger partial charge >= 0.3 is 5.97 Å². The van der Waals surface area contributed by atoms with Gasteiger partial charge in [0.25, 0.3) is 0 Å². The molecule has 0 spiro atoms. The number of nitrogens with zero attached hydrogens (tertiary/aromatic N) is 3. The number of aliphatic hydroxyl groups is 2. The van der Waals surface area contributed by atoms with Crippen molar-refractivity contribution in [3.05, 3.63) is 48.0 Å². The quantitative estimate of drug-likeness (QED) is 0.0264. The van der Waals surface area contributed by atoms with Gasteiger partial charge in [0.05, 0.1) is 49.5 Å². The van der Waals surface area contributed by atoms with E-state index in [9.17, 15) is 44.1 Å². The Balaban J connectivity index is 1.34. The number of amides is 5. The van der Waals surface area contributed by atoms with Gasteiger partial charge in [0, 0.05) is 48.6 Å². The number of hydrogen-bond donors (Lipinski definition) is 6. The van der Waals surface area contributed by atoms with Gasteiger partial charge in [-0.15, -0.1) is 0 Å². The number of methoxy groups -OCH3 is 1. The molecule has 6 N–H and O–H groups in total. The highest BCUT2D eigenvalue weighted by molar-refractivity contribution is 8.77. The maximum absolute atomic E-state index is 14.8. The van der Waals surface area contributed by atoms with Crippen LogP contribution in [0.25, 0.3) is 0 Å². The van der Waals surface area contributed by atoms with E-state index in [1.807, 2.05) is 122 Å². The summed E-state index contributed by atoms with van der Waals surface area (Å²) in [6, 6.07) is 5.27. The lowest BCUT2D eigenvalue weighted by Gasteiger charge is -2.41. The summed E-state index contributed by atoms with van der Waals surface area (Å²) < 4.78 is 17.8. The number of rotatable bonds is 30. The Labute approximate surface area is 473 Å². The molecule has 2 unspecified atom stereocenters. The fraction of sp³-hybridized carbons (Fsp3) is 0.759. The van der Waals surface area contributed by atoms with Crippen molar-refractivity contribution in [2.45, 2.75) is 206 Å². The molecule has 0 radical (unpaired) electrons. The van der Waals surface area contributed by atoms with E-state index in [1.54, 1.807) is 39.1 Å². The van der Waals surface area contributed by atoms with E-state index in [0.717, 1.165) is 12.8 Å². The Morgan fingerprint density at radius 2 is 1.60 bits per heavy atom. The molecule has 3 aliphatic rings. The summed E-state index contributed by atoms with van der Waals surface area (Å²) in [4.78, 5) is 88.1. The Morgan fingerprint density at radius 3 is 2.21 bits per heavy atom. The molecule has 1 aromatic carbocycles. The third kappa shape index (κ3) is 18.4. The Hall–Kier alpha value is -3.76. The van der Waals surface area contributed by atoms with E-state index in [0.29, 0.717) is 44.2 Å². The fourth-order valence-corrected chi connectivity index (χ4v) is 13.4. The van der Waals surface area contributed by atoms with Crippen molar-refractivity contribution in [1.82, 2.24) is 30.7 Å². The Bertz CT molecular complexity index is 2160. The van der Waals surface area contributed by atoms with Crippen molar-refractivity contribution in [3.63, 3.8) is 0 Å². The number of epoxide rings is 1. The summed E-state index contributed by atoms with van der Waals surface area (Å²) in [5.74, 6) is -3.49. The summed E-state index contributed by atoms with van der Waals surface area (Å²) >= 11 is 0. The van der Waals surface area contributed by atoms with E-state index < -0.39 is 83.1 Å². The number of likely N-dealkylation sites (tertiary alicyclic amines) is 1. The van der Waals surface area contributed by atoms with Gasteiger partial charge in [0.15, 0.2) is 12.5 Å². The number of ether oxygens (including phenoxy) is 3. The molecule has 2 heterocycles. The standard InChI is InChI=1S/C58H96N6O12S2/c1-16-36(6)48(44(74-15)31-45(66)64-30-22-26-43(64)37(7)38(8)50(68)59-39(9)49(67)40-23-18-17-19-24-40)62(13)52(70)46(34(2)3)61-51(69)47(35(4)5)63(14)53-55(76-53)75-33-57(10,11)78-77-32-42(54(71)72)60-56(73)58(12)28-21-20-25-41(65)27-29-58/h17-20,23-25,34-39,41-44,46-49,53,55,65,67H,16,21-22,26-33H2,1-15H3,(H,59,68)(H,60,73)(H,61,69)(H,71,72)/b25-20+/t36-,37+,38+,39+,41-,42+,43-,44+,46-,47-,48-,49+,53?,55?,58+/m0/s1. The second kappa shape index (κ2) is 30.3. The smallest absolute Gasteiger partial charge is 0.327 e. The second-order valence-electron chi connectivity index (χ2n) is 23.8. The summed E-state index contributed by atoms with van der Waals surface area (Å²) in [5.41, 5.74) is -0.0844. The van der Waals surface area contributed by atoms with Crippen LogP contribution in [-0.2, 0) is 43.0 Å². The number of carboxylic acids is 1. The molecular formula is C58H96N6O12S2. The van der Waals surface area contributed by atoms with Crippen LogP contribution < -0.4 is 16.0 Å². The number of hydrogen-bond acceptors (Lipinski definition) is 14. The van der Waals surface area contributed by atoms with Crippen LogP contribution in [0.15, 0.2) is 42.5 Å². The molecule has 442 valence electrons. The van der Waals surface area contributed by atoms with Gasteiger partial charge in [-0.1, -0.05) is 133 Å². The summed E-state index contributed by atoms with van der Waals surface area (Å²) in [6.07, 6.45) is 4.52. The number of aliphatic carboxylic acids is 1. The number of likely N-dealkylation sites (N-methyl/N-ethyl adjacent to an activating group) is 2. The zero-order valence-electron chi connectivity index (χ0n) is 49.2. The zero-order valence-corrected chi connectivity index (χ0v) is 50.9. The minimum atomic E-state index is -1.13. The molecular weight excluding hydrogens is 1040 g/mol. The van der Waals surface area contributed by atoms with Crippen LogP contribution in [0.4, 0.5) is 0 Å². The number of benzene rings is 1. The summed E-state index contributed by atoms with van der Waals surface area (Å²) in [6.45, 7) is 23.9. The molecule has 1 aliphatic carbocycles. The van der Waals surface area contributed by atoms with Crippen molar-refractivity contribution in [1.29, 1.82) is 0 Å². The second-order valence-corrected chi connectivity index (χ2v) is 26.9. The highest BCUT2D eigenvalue weighted by atomic mass is 33.1. The van der Waals surface area contributed by atoms with Crippen molar-refractivity contribution in [2.24, 2.45) is 35.0 Å². The molecule has 2 aliphatic heterocycles. The Kier molecular flexibility index (Phi) is 26.0. The average molecular weight is 1130 g/mol. The average Bonchev–Trinajstić information content (AvgIpc) is 4.02. The lowest BCUT2D eigenvalue weighted by Crippen LogP contribution is -2.60. The van der Waals surface area contributed by atoms with E-state index in [2.05, 4.69) is 16.0 Å². The minimum Gasteiger partial charge on any atom is -0.480 e. The first kappa shape index (κ1) is 66.7. The fourth-order valence-electron chi connectivity index (χ4n) is 10.8. The number of nitrogens with one attached hydrogen (secondary N) is 3. The van der Waals surface area contributed by atoms with Crippen LogP contribution in [-0.4, -0.2) is 171 Å². The molecule has 18 nitrogen and oxygen atoms in total. The molecule has 5 amide bonds. The number of aliphatic hydroxyl groups excluding tert-OH is 2. The molecule has 2 saturated heterocycles. The largest absolute Gasteiger partial charge is 0.480 e. The van der Waals surface area contributed by atoms with Gasteiger partial charge in [0.1, 0.15) is 12.1 Å². The van der Waals surface area contributed by atoms with Crippen LogP contribution in [0.3, 0.4) is 0 Å². The van der Waals surface area contributed by atoms with Gasteiger partial charge in [-0.2, -0.15) is 0 Å². The number of carboxylic acid groups (broad SMARTS) is 1. The van der Waals surface area contributed by atoms with Crippen LogP contribution >= 0.6 is 21.6 Å². The summed E-state index contributed by atoms with van der Waals surface area (Å²) in [7, 11) is 7.84. The Morgan fingerprint density at radius 1 is 0.936 bits per heavy atom. The van der Waals surface area contributed by atoms with E-state index >= 15 is 0 Å². The van der Waals surface area contributed by atoms with Gasteiger partial charge in [-0.05, 0) is 95.6 Å². The van der Waals surface area contributed by atoms with Crippen LogP contribution in [0.1, 0.15) is 146 Å². The van der Waals surface area contributed by atoms with Gasteiger partial charge < -0.3 is 55.3 Å².